The zero-order chi connectivity index (χ0) is 9.84. The van der Waals surface area contributed by atoms with Gasteiger partial charge in [-0.25, -0.2) is 4.98 Å². The molecular formula is C8H12BrN3O. The highest BCUT2D eigenvalue weighted by molar-refractivity contribution is 9.10. The molecule has 1 aromatic rings. The molecule has 5 heteroatoms. The van der Waals surface area contributed by atoms with Gasteiger partial charge in [0.2, 0.25) is 5.91 Å². The molecule has 0 spiro atoms. The summed E-state index contributed by atoms with van der Waals surface area (Å²) < 4.78 is 1.87. The Hall–Kier alpha value is -0.840. The van der Waals surface area contributed by atoms with Crippen LogP contribution < -0.4 is 5.32 Å². The van der Waals surface area contributed by atoms with E-state index >= 15 is 0 Å². The van der Waals surface area contributed by atoms with Gasteiger partial charge in [0.15, 0.2) is 0 Å². The second-order valence-corrected chi connectivity index (χ2v) is 4.16. The van der Waals surface area contributed by atoms with E-state index in [9.17, 15) is 4.79 Å². The second kappa shape index (κ2) is 4.41. The number of halogens is 1. The van der Waals surface area contributed by atoms with E-state index in [-0.39, 0.29) is 10.7 Å². The van der Waals surface area contributed by atoms with Crippen molar-refractivity contribution in [2.45, 2.75) is 18.3 Å². The molecule has 0 fully saturated rings. The number of nitrogens with one attached hydrogen (secondary N) is 1. The van der Waals surface area contributed by atoms with E-state index in [2.05, 4.69) is 26.2 Å². The fourth-order valence-electron chi connectivity index (χ4n) is 0.874. The van der Waals surface area contributed by atoms with Crippen LogP contribution in [0.1, 0.15) is 12.7 Å². The lowest BCUT2D eigenvalue weighted by Gasteiger charge is -2.06. The molecule has 1 amide bonds. The van der Waals surface area contributed by atoms with Gasteiger partial charge in [0.1, 0.15) is 5.82 Å². The third-order valence-electron chi connectivity index (χ3n) is 1.70. The van der Waals surface area contributed by atoms with Gasteiger partial charge in [-0.15, -0.1) is 0 Å². The molecule has 0 aliphatic heterocycles. The lowest BCUT2D eigenvalue weighted by Crippen LogP contribution is -2.29. The number of hydrogen-bond donors (Lipinski definition) is 1. The number of carbonyl (C=O) groups is 1. The molecule has 0 saturated carbocycles. The molecule has 1 N–H and O–H groups in total. The Balaban J connectivity index is 2.44. The van der Waals surface area contributed by atoms with Crippen molar-refractivity contribution in [1.82, 2.24) is 14.9 Å². The maximum atomic E-state index is 11.2. The highest BCUT2D eigenvalue weighted by atomic mass is 79.9. The van der Waals surface area contributed by atoms with E-state index in [1.165, 1.54) is 0 Å². The first-order chi connectivity index (χ1) is 6.11. The predicted octanol–water partition coefficient (Wildman–Crippen LogP) is 0.820. The highest BCUT2D eigenvalue weighted by Gasteiger charge is 2.08. The smallest absolute Gasteiger partial charge is 0.233 e. The minimum atomic E-state index is -0.159. The number of carbonyl (C=O) groups excluding carboxylic acids is 1. The van der Waals surface area contributed by atoms with Crippen molar-refractivity contribution in [2.75, 3.05) is 0 Å². The summed E-state index contributed by atoms with van der Waals surface area (Å²) in [6, 6.07) is 0. The lowest BCUT2D eigenvalue weighted by atomic mass is 10.4. The first-order valence-electron chi connectivity index (χ1n) is 3.99. The molecule has 0 aliphatic carbocycles. The SMILES string of the molecule is CC(Br)C(=O)NCc1nccn1C. The van der Waals surface area contributed by atoms with Gasteiger partial charge in [0.25, 0.3) is 0 Å². The fourth-order valence-corrected chi connectivity index (χ4v) is 1.04. The van der Waals surface area contributed by atoms with Crippen LogP contribution in [-0.2, 0) is 18.4 Å². The summed E-state index contributed by atoms with van der Waals surface area (Å²) in [5.74, 6) is 0.824. The summed E-state index contributed by atoms with van der Waals surface area (Å²) in [5.41, 5.74) is 0. The van der Waals surface area contributed by atoms with Crippen LogP contribution in [0.15, 0.2) is 12.4 Å². The average molecular weight is 246 g/mol. The molecular weight excluding hydrogens is 234 g/mol. The van der Waals surface area contributed by atoms with Gasteiger partial charge in [0, 0.05) is 19.4 Å². The maximum Gasteiger partial charge on any atom is 0.233 e. The molecule has 1 rings (SSSR count). The van der Waals surface area contributed by atoms with E-state index in [4.69, 9.17) is 0 Å². The van der Waals surface area contributed by atoms with Crippen molar-refractivity contribution in [3.8, 4) is 0 Å². The molecule has 1 atom stereocenters. The van der Waals surface area contributed by atoms with Crippen LogP contribution in [0.2, 0.25) is 0 Å². The molecule has 0 aromatic carbocycles. The summed E-state index contributed by atoms with van der Waals surface area (Å²) in [4.78, 5) is 15.1. The molecule has 0 aliphatic rings. The number of hydrogen-bond acceptors (Lipinski definition) is 2. The molecule has 1 unspecified atom stereocenters. The van der Waals surface area contributed by atoms with Crippen molar-refractivity contribution >= 4 is 21.8 Å². The van der Waals surface area contributed by atoms with Crippen LogP contribution in [0, 0.1) is 0 Å². The number of aryl methyl sites for hydroxylation is 1. The zero-order valence-electron chi connectivity index (χ0n) is 7.62. The average Bonchev–Trinajstić information content (AvgIpc) is 2.47. The van der Waals surface area contributed by atoms with Crippen LogP contribution in [0.25, 0.3) is 0 Å². The highest BCUT2D eigenvalue weighted by Crippen LogP contribution is 1.98. The second-order valence-electron chi connectivity index (χ2n) is 2.79. The quantitative estimate of drug-likeness (QED) is 0.802. The fraction of sp³-hybridized carbons (Fsp3) is 0.500. The molecule has 0 saturated heterocycles. The number of amides is 1. The summed E-state index contributed by atoms with van der Waals surface area (Å²) in [5, 5.41) is 2.76. The Morgan fingerprint density at radius 1 is 1.85 bits per heavy atom. The number of imidazole rings is 1. The van der Waals surface area contributed by atoms with Crippen molar-refractivity contribution < 1.29 is 4.79 Å². The van der Waals surface area contributed by atoms with Crippen LogP contribution >= 0.6 is 15.9 Å². The number of aromatic nitrogens is 2. The first-order valence-corrected chi connectivity index (χ1v) is 4.91. The Morgan fingerprint density at radius 2 is 2.54 bits per heavy atom. The largest absolute Gasteiger partial charge is 0.348 e. The van der Waals surface area contributed by atoms with Crippen LogP contribution in [0.3, 0.4) is 0 Å². The van der Waals surface area contributed by atoms with E-state index in [1.54, 1.807) is 13.1 Å². The summed E-state index contributed by atoms with van der Waals surface area (Å²) in [6.07, 6.45) is 3.55. The van der Waals surface area contributed by atoms with Gasteiger partial charge < -0.3 is 9.88 Å². The van der Waals surface area contributed by atoms with Crippen LogP contribution in [-0.4, -0.2) is 20.3 Å². The van der Waals surface area contributed by atoms with E-state index in [1.807, 2.05) is 17.8 Å². The van der Waals surface area contributed by atoms with E-state index < -0.39 is 0 Å². The van der Waals surface area contributed by atoms with Crippen molar-refractivity contribution in [3.05, 3.63) is 18.2 Å². The Labute approximate surface area is 85.5 Å². The van der Waals surface area contributed by atoms with Crippen molar-refractivity contribution in [1.29, 1.82) is 0 Å². The molecule has 0 bridgehead atoms. The van der Waals surface area contributed by atoms with Gasteiger partial charge in [-0.05, 0) is 6.92 Å². The summed E-state index contributed by atoms with van der Waals surface area (Å²) in [6.45, 7) is 2.26. The summed E-state index contributed by atoms with van der Waals surface area (Å²) >= 11 is 3.18. The molecule has 1 heterocycles. The number of alkyl halides is 1. The normalized spacial score (nSPS) is 12.5. The number of rotatable bonds is 3. The monoisotopic (exact) mass is 245 g/mol. The molecule has 4 nitrogen and oxygen atoms in total. The first kappa shape index (κ1) is 10.2. The van der Waals surface area contributed by atoms with Gasteiger partial charge >= 0.3 is 0 Å². The topological polar surface area (TPSA) is 46.9 Å². The lowest BCUT2D eigenvalue weighted by molar-refractivity contribution is -0.120. The third-order valence-corrected chi connectivity index (χ3v) is 2.12. The Morgan fingerprint density at radius 3 is 3.00 bits per heavy atom. The summed E-state index contributed by atoms with van der Waals surface area (Å²) in [7, 11) is 1.89. The minimum absolute atomic E-state index is 0.0250. The van der Waals surface area contributed by atoms with Crippen molar-refractivity contribution in [2.24, 2.45) is 7.05 Å². The van der Waals surface area contributed by atoms with Gasteiger partial charge in [0.05, 0.1) is 11.4 Å². The molecule has 72 valence electrons. The van der Waals surface area contributed by atoms with Crippen molar-refractivity contribution in [3.63, 3.8) is 0 Å². The van der Waals surface area contributed by atoms with Crippen LogP contribution in [0.5, 0.6) is 0 Å². The predicted molar refractivity (Wildman–Crippen MR) is 53.4 cm³/mol. The van der Waals surface area contributed by atoms with Gasteiger partial charge in [-0.1, -0.05) is 15.9 Å². The molecule has 13 heavy (non-hydrogen) atoms. The third kappa shape index (κ3) is 2.84. The minimum Gasteiger partial charge on any atom is -0.348 e. The van der Waals surface area contributed by atoms with Crippen LogP contribution in [0.4, 0.5) is 0 Å². The standard InChI is InChI=1S/C8H12BrN3O/c1-6(9)8(13)11-5-7-10-3-4-12(7)2/h3-4,6H,5H2,1-2H3,(H,11,13). The Bertz CT molecular complexity index is 295. The Kier molecular flexibility index (Phi) is 3.48. The van der Waals surface area contributed by atoms with E-state index in [0.29, 0.717) is 6.54 Å². The van der Waals surface area contributed by atoms with Gasteiger partial charge in [-0.2, -0.15) is 0 Å². The van der Waals surface area contributed by atoms with E-state index in [0.717, 1.165) is 5.82 Å². The van der Waals surface area contributed by atoms with Gasteiger partial charge in [-0.3, -0.25) is 4.79 Å². The molecule has 0 radical (unpaired) electrons. The molecule has 1 aromatic heterocycles. The number of nitrogens with zero attached hydrogens (tertiary/aromatic N) is 2. The maximum absolute atomic E-state index is 11.2. The zero-order valence-corrected chi connectivity index (χ0v) is 9.21.